The minimum Gasteiger partial charge on any atom is -0.429 e. The van der Waals surface area contributed by atoms with E-state index in [1.165, 1.54) is 12.5 Å². The van der Waals surface area contributed by atoms with Crippen molar-refractivity contribution in [3.63, 3.8) is 0 Å². The Balaban J connectivity index is 1.90. The van der Waals surface area contributed by atoms with Crippen molar-refractivity contribution >= 4 is 23.6 Å². The van der Waals surface area contributed by atoms with E-state index >= 15 is 0 Å². The first-order valence-electron chi connectivity index (χ1n) is 8.31. The van der Waals surface area contributed by atoms with Crippen LogP contribution in [-0.4, -0.2) is 33.7 Å². The van der Waals surface area contributed by atoms with Crippen LogP contribution in [0.1, 0.15) is 36.2 Å². The molecule has 0 N–H and O–H groups in total. The number of ether oxygens (including phenoxy) is 1. The highest BCUT2D eigenvalue weighted by atomic mass is 32.1. The van der Waals surface area contributed by atoms with Crippen LogP contribution in [0.2, 0.25) is 0 Å². The molecule has 0 radical (unpaired) electrons. The van der Waals surface area contributed by atoms with Gasteiger partial charge in [-0.05, 0) is 50.8 Å². The summed E-state index contributed by atoms with van der Waals surface area (Å²) in [5, 5.41) is 0.0805. The molecule has 2 heterocycles. The number of piperidine rings is 1. The van der Waals surface area contributed by atoms with Gasteiger partial charge in [-0.3, -0.25) is 0 Å². The van der Waals surface area contributed by atoms with Crippen LogP contribution in [0, 0.1) is 13.8 Å². The predicted octanol–water partition coefficient (Wildman–Crippen LogP) is 5.11. The summed E-state index contributed by atoms with van der Waals surface area (Å²) in [6, 6.07) is 2.38. The molecule has 9 heteroatoms. The molecule has 26 heavy (non-hydrogen) atoms. The van der Waals surface area contributed by atoms with Crippen molar-refractivity contribution < 1.29 is 17.9 Å². The van der Waals surface area contributed by atoms with E-state index in [0.29, 0.717) is 11.4 Å². The molecule has 1 aliphatic rings. The van der Waals surface area contributed by atoms with Gasteiger partial charge < -0.3 is 9.64 Å². The maximum Gasteiger partial charge on any atom is 0.420 e. The highest BCUT2D eigenvalue weighted by Gasteiger charge is 2.35. The molecule has 1 aromatic carbocycles. The number of hydrogen-bond donors (Lipinski definition) is 0. The van der Waals surface area contributed by atoms with Gasteiger partial charge in [-0.25, -0.2) is 4.99 Å². The highest BCUT2D eigenvalue weighted by Crippen LogP contribution is 2.41. The average molecular weight is 384 g/mol. The van der Waals surface area contributed by atoms with Crippen molar-refractivity contribution in [3.05, 3.63) is 29.1 Å². The molecule has 1 aliphatic heterocycles. The van der Waals surface area contributed by atoms with E-state index in [1.807, 2.05) is 4.90 Å². The summed E-state index contributed by atoms with van der Waals surface area (Å²) in [5.74, 6) is 0.168. The summed E-state index contributed by atoms with van der Waals surface area (Å²) in [4.78, 5) is 10.3. The molecule has 5 nitrogen and oxygen atoms in total. The van der Waals surface area contributed by atoms with Crippen LogP contribution in [0.5, 0.6) is 10.9 Å². The predicted molar refractivity (Wildman–Crippen MR) is 94.5 cm³/mol. The van der Waals surface area contributed by atoms with E-state index in [1.54, 1.807) is 20.2 Å². The topological polar surface area (TPSA) is 50.6 Å². The van der Waals surface area contributed by atoms with Crippen LogP contribution >= 0.6 is 11.5 Å². The monoisotopic (exact) mass is 384 g/mol. The standard InChI is InChI=1S/C17H19F3N4OS/c1-11-8-15(25-16-22-12(2)23-26-16)13(17(18,19)20)9-14(11)21-10-24-6-4-3-5-7-24/h8-10H,3-7H2,1-2H3. The minimum absolute atomic E-state index is 0.0805. The molecule has 1 saturated heterocycles. The van der Waals surface area contributed by atoms with Gasteiger partial charge in [0.05, 0.1) is 12.0 Å². The largest absolute Gasteiger partial charge is 0.429 e. The molecule has 0 aliphatic carbocycles. The first-order chi connectivity index (χ1) is 12.3. The summed E-state index contributed by atoms with van der Waals surface area (Å²) >= 11 is 0.916. The second-order valence-electron chi connectivity index (χ2n) is 6.18. The average Bonchev–Trinajstić information content (AvgIpc) is 2.99. The number of aliphatic imine (C=N–C) groups is 1. The van der Waals surface area contributed by atoms with Crippen LogP contribution in [0.3, 0.4) is 0 Å². The molecule has 1 fully saturated rings. The second-order valence-corrected chi connectivity index (χ2v) is 6.90. The molecule has 0 atom stereocenters. The van der Waals surface area contributed by atoms with Crippen LogP contribution < -0.4 is 4.74 Å². The summed E-state index contributed by atoms with van der Waals surface area (Å²) < 4.78 is 49.7. The SMILES string of the molecule is Cc1nsc(Oc2cc(C)c(N=CN3CCCCC3)cc2C(F)(F)F)n1. The van der Waals surface area contributed by atoms with Crippen LogP contribution in [0.25, 0.3) is 0 Å². The third kappa shape index (κ3) is 4.51. The number of alkyl halides is 3. The van der Waals surface area contributed by atoms with E-state index in [-0.39, 0.29) is 16.6 Å². The van der Waals surface area contributed by atoms with E-state index in [2.05, 4.69) is 14.3 Å². The molecule has 0 spiro atoms. The fourth-order valence-corrected chi connectivity index (χ4v) is 3.26. The van der Waals surface area contributed by atoms with Crippen molar-refractivity contribution in [2.24, 2.45) is 4.99 Å². The molecule has 1 aromatic heterocycles. The lowest BCUT2D eigenvalue weighted by Gasteiger charge is -2.24. The number of hydrogen-bond acceptors (Lipinski definition) is 5. The van der Waals surface area contributed by atoms with Crippen molar-refractivity contribution in [1.82, 2.24) is 14.3 Å². The number of benzene rings is 1. The smallest absolute Gasteiger partial charge is 0.420 e. The molecule has 0 bridgehead atoms. The van der Waals surface area contributed by atoms with E-state index in [0.717, 1.165) is 43.5 Å². The zero-order valence-corrected chi connectivity index (χ0v) is 15.3. The first-order valence-corrected chi connectivity index (χ1v) is 9.08. The van der Waals surface area contributed by atoms with Crippen LogP contribution in [0.15, 0.2) is 17.1 Å². The van der Waals surface area contributed by atoms with Gasteiger partial charge in [0, 0.05) is 24.6 Å². The number of rotatable bonds is 4. The molecule has 0 saturated carbocycles. The Bertz CT molecular complexity index is 798. The molecule has 0 amide bonds. The summed E-state index contributed by atoms with van der Waals surface area (Å²) in [6.07, 6.45) is 0.410. The lowest BCUT2D eigenvalue weighted by molar-refractivity contribution is -0.138. The van der Waals surface area contributed by atoms with Crippen LogP contribution in [-0.2, 0) is 6.18 Å². The van der Waals surface area contributed by atoms with Gasteiger partial charge in [0.25, 0.3) is 5.19 Å². The number of nitrogens with zero attached hydrogens (tertiary/aromatic N) is 4. The summed E-state index contributed by atoms with van der Waals surface area (Å²) in [6.45, 7) is 5.12. The number of halogens is 3. The third-order valence-electron chi connectivity index (χ3n) is 4.06. The Labute approximate surface area is 153 Å². The third-order valence-corrected chi connectivity index (χ3v) is 4.75. The van der Waals surface area contributed by atoms with E-state index in [4.69, 9.17) is 4.74 Å². The molecule has 0 unspecified atom stereocenters. The van der Waals surface area contributed by atoms with E-state index in [9.17, 15) is 13.2 Å². The number of aryl methyl sites for hydroxylation is 2. The highest BCUT2D eigenvalue weighted by molar-refractivity contribution is 7.07. The fraction of sp³-hybridized carbons (Fsp3) is 0.471. The Hall–Kier alpha value is -2.16. The maximum absolute atomic E-state index is 13.5. The number of likely N-dealkylation sites (tertiary alicyclic amines) is 1. The lowest BCUT2D eigenvalue weighted by Crippen LogP contribution is -2.28. The zero-order valence-electron chi connectivity index (χ0n) is 14.5. The zero-order chi connectivity index (χ0) is 18.7. The van der Waals surface area contributed by atoms with Crippen molar-refractivity contribution in [3.8, 4) is 10.9 Å². The second kappa shape index (κ2) is 7.61. The van der Waals surface area contributed by atoms with Gasteiger partial charge in [-0.15, -0.1) is 0 Å². The van der Waals surface area contributed by atoms with Gasteiger partial charge in [0.1, 0.15) is 17.1 Å². The quantitative estimate of drug-likeness (QED) is 0.543. The lowest BCUT2D eigenvalue weighted by atomic mass is 10.1. The Morgan fingerprint density at radius 3 is 2.54 bits per heavy atom. The van der Waals surface area contributed by atoms with Gasteiger partial charge in [-0.1, -0.05) is 0 Å². The number of aromatic nitrogens is 2. The van der Waals surface area contributed by atoms with Crippen molar-refractivity contribution in [2.45, 2.75) is 39.3 Å². The Kier molecular flexibility index (Phi) is 5.45. The summed E-state index contributed by atoms with van der Waals surface area (Å²) in [7, 11) is 0. The fourth-order valence-electron chi connectivity index (χ4n) is 2.71. The maximum atomic E-state index is 13.5. The van der Waals surface area contributed by atoms with Crippen molar-refractivity contribution in [1.29, 1.82) is 0 Å². The van der Waals surface area contributed by atoms with Gasteiger partial charge in [0.2, 0.25) is 0 Å². The first kappa shape index (κ1) is 18.6. The molecular weight excluding hydrogens is 365 g/mol. The van der Waals surface area contributed by atoms with Crippen molar-refractivity contribution in [2.75, 3.05) is 13.1 Å². The molecular formula is C17H19F3N4OS. The molecule has 140 valence electrons. The molecule has 2 aromatic rings. The van der Waals surface area contributed by atoms with E-state index < -0.39 is 11.7 Å². The van der Waals surface area contributed by atoms with Gasteiger partial charge >= 0.3 is 6.18 Å². The normalized spacial score (nSPS) is 15.7. The molecule has 3 rings (SSSR count). The van der Waals surface area contributed by atoms with Gasteiger partial charge in [-0.2, -0.15) is 22.5 Å². The Morgan fingerprint density at radius 2 is 1.92 bits per heavy atom. The minimum atomic E-state index is -4.56. The Morgan fingerprint density at radius 1 is 1.19 bits per heavy atom. The summed E-state index contributed by atoms with van der Waals surface area (Å²) in [5.41, 5.74) is 0.00735. The van der Waals surface area contributed by atoms with Crippen LogP contribution in [0.4, 0.5) is 18.9 Å². The van der Waals surface area contributed by atoms with Gasteiger partial charge in [0.15, 0.2) is 0 Å².